The van der Waals surface area contributed by atoms with Crippen molar-refractivity contribution in [2.75, 3.05) is 0 Å². The lowest BCUT2D eigenvalue weighted by Crippen LogP contribution is -2.42. The van der Waals surface area contributed by atoms with Gasteiger partial charge in [-0.1, -0.05) is 11.6 Å². The molecule has 0 spiro atoms. The quantitative estimate of drug-likeness (QED) is 0.891. The first-order valence-corrected chi connectivity index (χ1v) is 6.48. The molecule has 0 atom stereocenters. The minimum Gasteiger partial charge on any atom is -0.481 e. The van der Waals surface area contributed by atoms with Crippen LogP contribution in [0.5, 0.6) is 0 Å². The Morgan fingerprint density at radius 3 is 2.35 bits per heavy atom. The van der Waals surface area contributed by atoms with Gasteiger partial charge in [-0.05, 0) is 24.3 Å². The average molecular weight is 281 g/mol. The SMILES string of the molecule is O=C(O)C1(c2sccc2Cl)CCC(F)(F)CC1. The number of thiophene rings is 1. The molecule has 0 amide bonds. The molecule has 0 bridgehead atoms. The van der Waals surface area contributed by atoms with E-state index in [9.17, 15) is 18.7 Å². The maximum atomic E-state index is 13.1. The van der Waals surface area contributed by atoms with Crippen LogP contribution in [0, 0.1) is 0 Å². The van der Waals surface area contributed by atoms with E-state index in [1.165, 1.54) is 11.3 Å². The number of carbonyl (C=O) groups is 1. The highest BCUT2D eigenvalue weighted by molar-refractivity contribution is 7.10. The van der Waals surface area contributed by atoms with Gasteiger partial charge in [0.25, 0.3) is 0 Å². The Morgan fingerprint density at radius 1 is 1.35 bits per heavy atom. The Kier molecular flexibility index (Phi) is 3.16. The average Bonchev–Trinajstić information content (AvgIpc) is 2.65. The van der Waals surface area contributed by atoms with Gasteiger partial charge >= 0.3 is 5.97 Å². The molecule has 17 heavy (non-hydrogen) atoms. The van der Waals surface area contributed by atoms with E-state index in [0.29, 0.717) is 9.90 Å². The van der Waals surface area contributed by atoms with E-state index in [1.54, 1.807) is 11.4 Å². The summed E-state index contributed by atoms with van der Waals surface area (Å²) in [6.07, 6.45) is -0.911. The molecule has 0 saturated heterocycles. The number of carboxylic acids is 1. The van der Waals surface area contributed by atoms with Crippen LogP contribution in [0.1, 0.15) is 30.6 Å². The normalized spacial score (nSPS) is 22.3. The Labute approximate surface area is 106 Å². The van der Waals surface area contributed by atoms with Gasteiger partial charge in [0.1, 0.15) is 5.41 Å². The van der Waals surface area contributed by atoms with Crippen molar-refractivity contribution in [3.05, 3.63) is 21.3 Å². The van der Waals surface area contributed by atoms with Gasteiger partial charge < -0.3 is 5.11 Å². The summed E-state index contributed by atoms with van der Waals surface area (Å²) < 4.78 is 26.3. The van der Waals surface area contributed by atoms with E-state index in [0.717, 1.165) is 0 Å². The fraction of sp³-hybridized carbons (Fsp3) is 0.545. The zero-order chi connectivity index (χ0) is 12.7. The van der Waals surface area contributed by atoms with E-state index < -0.39 is 30.1 Å². The maximum Gasteiger partial charge on any atom is 0.315 e. The van der Waals surface area contributed by atoms with Gasteiger partial charge in [0, 0.05) is 17.7 Å². The van der Waals surface area contributed by atoms with Crippen molar-refractivity contribution in [1.29, 1.82) is 0 Å². The monoisotopic (exact) mass is 280 g/mol. The molecule has 1 N–H and O–H groups in total. The molecule has 1 aromatic heterocycles. The van der Waals surface area contributed by atoms with E-state index in [2.05, 4.69) is 0 Å². The summed E-state index contributed by atoms with van der Waals surface area (Å²) in [5, 5.41) is 11.4. The van der Waals surface area contributed by atoms with Crippen molar-refractivity contribution in [1.82, 2.24) is 0 Å². The summed E-state index contributed by atoms with van der Waals surface area (Å²) in [7, 11) is 0. The predicted octanol–water partition coefficient (Wildman–Crippen LogP) is 3.93. The Bertz CT molecular complexity index is 434. The molecule has 6 heteroatoms. The minimum atomic E-state index is -2.75. The molecule has 2 rings (SSSR count). The first kappa shape index (κ1) is 12.8. The molecule has 1 aromatic rings. The largest absolute Gasteiger partial charge is 0.481 e. The highest BCUT2D eigenvalue weighted by atomic mass is 35.5. The second kappa shape index (κ2) is 4.21. The van der Waals surface area contributed by atoms with Crippen LogP contribution in [0.3, 0.4) is 0 Å². The van der Waals surface area contributed by atoms with Gasteiger partial charge in [-0.3, -0.25) is 4.79 Å². The smallest absolute Gasteiger partial charge is 0.315 e. The van der Waals surface area contributed by atoms with Crippen molar-refractivity contribution in [2.24, 2.45) is 0 Å². The van der Waals surface area contributed by atoms with E-state index >= 15 is 0 Å². The molecule has 1 aliphatic carbocycles. The molecule has 0 aliphatic heterocycles. The van der Waals surface area contributed by atoms with Gasteiger partial charge in [-0.15, -0.1) is 11.3 Å². The second-order valence-corrected chi connectivity index (χ2v) is 5.66. The summed E-state index contributed by atoms with van der Waals surface area (Å²) in [5.74, 6) is -3.81. The minimum absolute atomic E-state index is 0.0600. The summed E-state index contributed by atoms with van der Waals surface area (Å²) in [6, 6.07) is 1.61. The van der Waals surface area contributed by atoms with Crippen LogP contribution in [0.4, 0.5) is 8.78 Å². The summed E-state index contributed by atoms with van der Waals surface area (Å²) in [5.41, 5.74) is -1.23. The number of aliphatic carboxylic acids is 1. The first-order chi connectivity index (χ1) is 7.87. The standard InChI is InChI=1S/C11H11ClF2O2S/c12-7-1-6-17-8(7)10(9(15)16)2-4-11(13,14)5-3-10/h1,6H,2-5H2,(H,15,16). The molecule has 1 saturated carbocycles. The molecule has 2 nitrogen and oxygen atoms in total. The van der Waals surface area contributed by atoms with Crippen molar-refractivity contribution in [3.8, 4) is 0 Å². The molecule has 0 unspecified atom stereocenters. The van der Waals surface area contributed by atoms with Crippen molar-refractivity contribution < 1.29 is 18.7 Å². The molecular weight excluding hydrogens is 270 g/mol. The summed E-state index contributed by atoms with van der Waals surface area (Å²) in [4.78, 5) is 11.9. The van der Waals surface area contributed by atoms with Crippen molar-refractivity contribution in [2.45, 2.75) is 37.0 Å². The predicted molar refractivity (Wildman–Crippen MR) is 62.1 cm³/mol. The van der Waals surface area contributed by atoms with Gasteiger partial charge in [0.05, 0.1) is 5.02 Å². The third-order valence-corrected chi connectivity index (χ3v) is 4.84. The molecule has 94 valence electrons. The highest BCUT2D eigenvalue weighted by Gasteiger charge is 2.50. The van der Waals surface area contributed by atoms with E-state index in [1.807, 2.05) is 0 Å². The van der Waals surface area contributed by atoms with E-state index in [4.69, 9.17) is 11.6 Å². The maximum absolute atomic E-state index is 13.1. The number of halogens is 3. The molecular formula is C11H11ClF2O2S. The zero-order valence-corrected chi connectivity index (χ0v) is 10.5. The van der Waals surface area contributed by atoms with Gasteiger partial charge in [0.15, 0.2) is 0 Å². The third-order valence-electron chi connectivity index (χ3n) is 3.30. The Balaban J connectivity index is 2.37. The van der Waals surface area contributed by atoms with E-state index in [-0.39, 0.29) is 12.8 Å². The Hall–Kier alpha value is -0.680. The second-order valence-electron chi connectivity index (χ2n) is 4.34. The van der Waals surface area contributed by atoms with Gasteiger partial charge in [0.2, 0.25) is 5.92 Å². The van der Waals surface area contributed by atoms with Gasteiger partial charge in [-0.2, -0.15) is 0 Å². The van der Waals surface area contributed by atoms with Gasteiger partial charge in [-0.25, -0.2) is 8.78 Å². The van der Waals surface area contributed by atoms with Crippen LogP contribution >= 0.6 is 22.9 Å². The summed E-state index contributed by atoms with van der Waals surface area (Å²) >= 11 is 7.16. The van der Waals surface area contributed by atoms with Crippen LogP contribution in [0.25, 0.3) is 0 Å². The summed E-state index contributed by atoms with van der Waals surface area (Å²) in [6.45, 7) is 0. The van der Waals surface area contributed by atoms with Crippen molar-refractivity contribution in [3.63, 3.8) is 0 Å². The first-order valence-electron chi connectivity index (χ1n) is 5.22. The fourth-order valence-corrected chi connectivity index (χ4v) is 3.71. The fourth-order valence-electron chi connectivity index (χ4n) is 2.22. The van der Waals surface area contributed by atoms with Crippen LogP contribution in [-0.2, 0) is 10.2 Å². The third kappa shape index (κ3) is 2.18. The molecule has 1 fully saturated rings. The number of rotatable bonds is 2. The van der Waals surface area contributed by atoms with Crippen LogP contribution in [0.15, 0.2) is 11.4 Å². The lowest BCUT2D eigenvalue weighted by Gasteiger charge is -2.36. The lowest BCUT2D eigenvalue weighted by molar-refractivity contribution is -0.148. The van der Waals surface area contributed by atoms with Crippen LogP contribution in [0.2, 0.25) is 5.02 Å². The molecule has 1 heterocycles. The number of alkyl halides is 2. The van der Waals surface area contributed by atoms with Crippen LogP contribution in [-0.4, -0.2) is 17.0 Å². The van der Waals surface area contributed by atoms with Crippen molar-refractivity contribution >= 4 is 28.9 Å². The molecule has 1 aliphatic rings. The topological polar surface area (TPSA) is 37.3 Å². The lowest BCUT2D eigenvalue weighted by atomic mass is 9.72. The number of hydrogen-bond acceptors (Lipinski definition) is 2. The molecule has 0 aromatic carbocycles. The number of hydrogen-bond donors (Lipinski definition) is 1. The van der Waals surface area contributed by atoms with Crippen LogP contribution < -0.4 is 0 Å². The number of carboxylic acid groups (broad SMARTS) is 1. The zero-order valence-electron chi connectivity index (χ0n) is 8.88. The molecule has 0 radical (unpaired) electrons. The highest BCUT2D eigenvalue weighted by Crippen LogP contribution is 2.49. The Morgan fingerprint density at radius 2 is 1.94 bits per heavy atom.